The molecular weight excluding hydrogens is 267 g/mol. The van der Waals surface area contributed by atoms with E-state index < -0.39 is 41.4 Å². The van der Waals surface area contributed by atoms with Gasteiger partial charge in [0.25, 0.3) is 5.91 Å². The molecule has 6 nitrogen and oxygen atoms in total. The van der Waals surface area contributed by atoms with Crippen molar-refractivity contribution in [2.45, 2.75) is 25.3 Å². The van der Waals surface area contributed by atoms with Crippen LogP contribution >= 0.6 is 0 Å². The first kappa shape index (κ1) is 12.7. The largest absolute Gasteiger partial charge is 0.295 e. The molecule has 4 amide bonds. The first-order chi connectivity index (χ1) is 9.49. The Bertz CT molecular complexity index is 607. The second-order valence-corrected chi connectivity index (χ2v) is 4.96. The third kappa shape index (κ3) is 1.77. The summed E-state index contributed by atoms with van der Waals surface area (Å²) in [5.41, 5.74) is 0.0831. The van der Waals surface area contributed by atoms with Gasteiger partial charge in [-0.05, 0) is 25.0 Å². The van der Waals surface area contributed by atoms with Crippen LogP contribution in [-0.4, -0.2) is 34.6 Å². The lowest BCUT2D eigenvalue weighted by Gasteiger charge is -2.27. The van der Waals surface area contributed by atoms with E-state index in [4.69, 9.17) is 0 Å². The van der Waals surface area contributed by atoms with Crippen molar-refractivity contribution < 1.29 is 23.6 Å². The lowest BCUT2D eigenvalue weighted by atomic mass is 9.93. The van der Waals surface area contributed by atoms with E-state index in [0.29, 0.717) is 0 Å². The van der Waals surface area contributed by atoms with E-state index in [-0.39, 0.29) is 24.8 Å². The molecule has 2 atom stereocenters. The van der Waals surface area contributed by atoms with Crippen molar-refractivity contribution in [3.63, 3.8) is 0 Å². The number of halogens is 1. The van der Waals surface area contributed by atoms with Crippen molar-refractivity contribution in [1.82, 2.24) is 10.2 Å². The second-order valence-electron chi connectivity index (χ2n) is 4.96. The topological polar surface area (TPSA) is 83.6 Å². The van der Waals surface area contributed by atoms with E-state index in [9.17, 15) is 23.6 Å². The number of hydrogen-bond donors (Lipinski definition) is 1. The van der Waals surface area contributed by atoms with Gasteiger partial charge in [0.05, 0.1) is 5.92 Å². The highest BCUT2D eigenvalue weighted by molar-refractivity contribution is 6.18. The summed E-state index contributed by atoms with van der Waals surface area (Å²) in [6, 6.07) is -0.984. The summed E-state index contributed by atoms with van der Waals surface area (Å²) in [5.74, 6) is -3.49. The highest BCUT2D eigenvalue weighted by atomic mass is 19.1. The summed E-state index contributed by atoms with van der Waals surface area (Å²) in [7, 11) is 0. The number of piperidine rings is 1. The number of carbonyl (C=O) groups is 4. The Hall–Kier alpha value is -2.31. The van der Waals surface area contributed by atoms with Gasteiger partial charge in [-0.2, -0.15) is 0 Å². The van der Waals surface area contributed by atoms with Crippen LogP contribution in [0.2, 0.25) is 0 Å². The van der Waals surface area contributed by atoms with Crippen molar-refractivity contribution in [3.05, 3.63) is 23.6 Å². The smallest absolute Gasteiger partial charge is 0.258 e. The van der Waals surface area contributed by atoms with Gasteiger partial charge in [0.1, 0.15) is 11.9 Å². The predicted molar refractivity (Wildman–Crippen MR) is 63.4 cm³/mol. The van der Waals surface area contributed by atoms with E-state index >= 15 is 0 Å². The number of nitrogens with zero attached hydrogens (tertiary/aromatic N) is 1. The average molecular weight is 278 g/mol. The van der Waals surface area contributed by atoms with Crippen LogP contribution in [-0.2, 0) is 19.2 Å². The van der Waals surface area contributed by atoms with Gasteiger partial charge in [0.2, 0.25) is 17.7 Å². The van der Waals surface area contributed by atoms with Crippen molar-refractivity contribution in [1.29, 1.82) is 0 Å². The van der Waals surface area contributed by atoms with Crippen LogP contribution in [0.5, 0.6) is 0 Å². The van der Waals surface area contributed by atoms with E-state index in [1.807, 2.05) is 0 Å². The summed E-state index contributed by atoms with van der Waals surface area (Å²) in [6.45, 7) is 0. The maximum atomic E-state index is 13.2. The first-order valence-electron chi connectivity index (χ1n) is 6.27. The fraction of sp³-hybridized carbons (Fsp3) is 0.385. The molecule has 3 aliphatic rings. The fourth-order valence-electron chi connectivity index (χ4n) is 2.74. The van der Waals surface area contributed by atoms with E-state index in [1.54, 1.807) is 0 Å². The van der Waals surface area contributed by atoms with Crippen LogP contribution in [0.4, 0.5) is 4.39 Å². The van der Waals surface area contributed by atoms with Crippen LogP contribution < -0.4 is 5.32 Å². The van der Waals surface area contributed by atoms with Crippen LogP contribution in [0.1, 0.15) is 19.3 Å². The quantitative estimate of drug-likeness (QED) is 0.682. The van der Waals surface area contributed by atoms with Gasteiger partial charge in [0.15, 0.2) is 0 Å². The molecule has 104 valence electrons. The van der Waals surface area contributed by atoms with Gasteiger partial charge in [-0.15, -0.1) is 0 Å². The number of amides is 4. The third-order valence-electron chi connectivity index (χ3n) is 3.74. The second kappa shape index (κ2) is 4.36. The van der Waals surface area contributed by atoms with Crippen LogP contribution in [0.25, 0.3) is 0 Å². The molecule has 0 aromatic rings. The normalized spacial score (nSPS) is 29.9. The minimum atomic E-state index is -0.984. The summed E-state index contributed by atoms with van der Waals surface area (Å²) in [6.07, 6.45) is 2.58. The monoisotopic (exact) mass is 278 g/mol. The van der Waals surface area contributed by atoms with Crippen molar-refractivity contribution in [2.75, 3.05) is 0 Å². The number of fused-ring (bicyclic) bond motifs is 1. The molecule has 2 unspecified atom stereocenters. The Kier molecular flexibility index (Phi) is 2.77. The molecule has 2 saturated heterocycles. The summed E-state index contributed by atoms with van der Waals surface area (Å²) in [5, 5.41) is 2.11. The maximum Gasteiger partial charge on any atom is 0.258 e. The van der Waals surface area contributed by atoms with Gasteiger partial charge in [-0.25, -0.2) is 4.39 Å². The first-order valence-corrected chi connectivity index (χ1v) is 6.27. The van der Waals surface area contributed by atoms with Gasteiger partial charge < -0.3 is 0 Å². The van der Waals surface area contributed by atoms with Crippen molar-refractivity contribution in [3.8, 4) is 0 Å². The van der Waals surface area contributed by atoms with E-state index in [0.717, 1.165) is 11.0 Å². The molecule has 2 aliphatic heterocycles. The molecule has 0 aromatic heterocycles. The zero-order valence-electron chi connectivity index (χ0n) is 10.4. The zero-order chi connectivity index (χ0) is 14.4. The van der Waals surface area contributed by atoms with Gasteiger partial charge >= 0.3 is 0 Å². The van der Waals surface area contributed by atoms with Gasteiger partial charge in [-0.3, -0.25) is 29.4 Å². The maximum absolute atomic E-state index is 13.2. The Balaban J connectivity index is 1.91. The number of imide groups is 2. The predicted octanol–water partition coefficient (Wildman–Crippen LogP) is -0.0399. The summed E-state index contributed by atoms with van der Waals surface area (Å²) in [4.78, 5) is 48.2. The molecule has 20 heavy (non-hydrogen) atoms. The van der Waals surface area contributed by atoms with Gasteiger partial charge in [0, 0.05) is 12.0 Å². The zero-order valence-corrected chi connectivity index (χ0v) is 10.4. The Morgan fingerprint density at radius 1 is 1.25 bits per heavy atom. The molecule has 3 rings (SSSR count). The minimum absolute atomic E-state index is 0.0732. The lowest BCUT2D eigenvalue weighted by Crippen LogP contribution is -2.54. The average Bonchev–Trinajstić information content (AvgIpc) is 2.63. The number of nitrogens with one attached hydrogen (secondary N) is 1. The minimum Gasteiger partial charge on any atom is -0.295 e. The Labute approximate surface area is 113 Å². The van der Waals surface area contributed by atoms with Crippen LogP contribution in [0.3, 0.4) is 0 Å². The summed E-state index contributed by atoms with van der Waals surface area (Å²) < 4.78 is 13.2. The Morgan fingerprint density at radius 2 is 2.00 bits per heavy atom. The highest BCUT2D eigenvalue weighted by Crippen LogP contribution is 2.35. The van der Waals surface area contributed by atoms with Crippen LogP contribution in [0, 0.1) is 5.92 Å². The summed E-state index contributed by atoms with van der Waals surface area (Å²) >= 11 is 0. The van der Waals surface area contributed by atoms with Gasteiger partial charge in [-0.1, -0.05) is 0 Å². The SMILES string of the molecule is O=C1CCC(N2C(=O)C3=CC(F)=CCC3C2=O)C(=O)N1. The number of rotatable bonds is 1. The van der Waals surface area contributed by atoms with E-state index in [2.05, 4.69) is 5.32 Å². The number of likely N-dealkylation sites (tertiary alicyclic amines) is 1. The van der Waals surface area contributed by atoms with Crippen molar-refractivity contribution in [2.24, 2.45) is 5.92 Å². The molecule has 0 aromatic carbocycles. The highest BCUT2D eigenvalue weighted by Gasteiger charge is 2.49. The molecule has 2 heterocycles. The molecule has 0 spiro atoms. The molecule has 1 N–H and O–H groups in total. The Morgan fingerprint density at radius 3 is 2.70 bits per heavy atom. The standard InChI is InChI=1S/C13H11FN2O4/c14-6-1-2-7-8(5-6)13(20)16(12(7)19)9-3-4-10(17)15-11(9)18/h1,5,7,9H,2-4H2,(H,15,17,18). The molecule has 7 heteroatoms. The molecule has 0 bridgehead atoms. The van der Waals surface area contributed by atoms with E-state index in [1.165, 1.54) is 6.08 Å². The number of carbonyl (C=O) groups excluding carboxylic acids is 4. The molecule has 0 saturated carbocycles. The number of allylic oxidation sites excluding steroid dienone is 3. The number of hydrogen-bond acceptors (Lipinski definition) is 4. The lowest BCUT2D eigenvalue weighted by molar-refractivity contribution is -0.150. The third-order valence-corrected chi connectivity index (χ3v) is 3.74. The van der Waals surface area contributed by atoms with Crippen LogP contribution in [0.15, 0.2) is 23.6 Å². The molecule has 0 radical (unpaired) electrons. The molecule has 1 aliphatic carbocycles. The molecule has 2 fully saturated rings. The molecular formula is C13H11FN2O4. The van der Waals surface area contributed by atoms with Crippen molar-refractivity contribution >= 4 is 23.6 Å². The fourth-order valence-corrected chi connectivity index (χ4v) is 2.74.